The fourth-order valence-corrected chi connectivity index (χ4v) is 1.97. The molecule has 1 amide bonds. The average Bonchev–Trinajstić information content (AvgIpc) is 2.35. The lowest BCUT2D eigenvalue weighted by atomic mass is 9.98. The summed E-state index contributed by atoms with van der Waals surface area (Å²) in [7, 11) is 0. The smallest absolute Gasteiger partial charge is 0.227 e. The van der Waals surface area contributed by atoms with Gasteiger partial charge in [-0.25, -0.2) is 4.39 Å². The number of hydrogen-bond donors (Lipinski definition) is 1. The van der Waals surface area contributed by atoms with Crippen LogP contribution in [-0.4, -0.2) is 5.91 Å². The van der Waals surface area contributed by atoms with E-state index >= 15 is 0 Å². The summed E-state index contributed by atoms with van der Waals surface area (Å²) in [5.41, 5.74) is 0.543. The molecule has 0 spiro atoms. The molecule has 1 atom stereocenters. The van der Waals surface area contributed by atoms with Gasteiger partial charge in [-0.05, 0) is 31.0 Å². The number of benzene rings is 1. The predicted molar refractivity (Wildman–Crippen MR) is 73.3 cm³/mol. The molecule has 1 N–H and O–H groups in total. The van der Waals surface area contributed by atoms with E-state index in [1.165, 1.54) is 18.2 Å². The van der Waals surface area contributed by atoms with Gasteiger partial charge in [-0.2, -0.15) is 0 Å². The van der Waals surface area contributed by atoms with E-state index in [1.54, 1.807) is 0 Å². The summed E-state index contributed by atoms with van der Waals surface area (Å²) in [6.45, 7) is 4.10. The normalized spacial score (nSPS) is 12.2. The molecule has 2 nitrogen and oxygen atoms in total. The zero-order valence-electron chi connectivity index (χ0n) is 10.8. The third kappa shape index (κ3) is 4.30. The molecule has 0 aliphatic heterocycles. The van der Waals surface area contributed by atoms with Gasteiger partial charge in [-0.1, -0.05) is 38.3 Å². The minimum absolute atomic E-state index is 0.00813. The quantitative estimate of drug-likeness (QED) is 0.803. The van der Waals surface area contributed by atoms with Crippen molar-refractivity contribution in [1.82, 2.24) is 0 Å². The number of nitrogens with one attached hydrogen (secondary N) is 1. The van der Waals surface area contributed by atoms with Crippen LogP contribution in [0.4, 0.5) is 10.1 Å². The average molecular weight is 272 g/mol. The minimum atomic E-state index is -0.479. The van der Waals surface area contributed by atoms with Gasteiger partial charge in [-0.3, -0.25) is 4.79 Å². The first-order valence-electron chi connectivity index (χ1n) is 6.34. The first-order chi connectivity index (χ1) is 8.58. The highest BCUT2D eigenvalue weighted by Gasteiger charge is 2.16. The van der Waals surface area contributed by atoms with Gasteiger partial charge in [0.05, 0.1) is 5.02 Å². The maximum atomic E-state index is 13.0. The first-order valence-corrected chi connectivity index (χ1v) is 6.72. The van der Waals surface area contributed by atoms with E-state index in [1.807, 2.05) is 6.92 Å². The van der Waals surface area contributed by atoms with Crippen molar-refractivity contribution in [3.05, 3.63) is 29.0 Å². The maximum Gasteiger partial charge on any atom is 0.227 e. The molecule has 0 aliphatic carbocycles. The highest BCUT2D eigenvalue weighted by Crippen LogP contribution is 2.21. The predicted octanol–water partition coefficient (Wildman–Crippen LogP) is 4.63. The fourth-order valence-electron chi connectivity index (χ4n) is 1.79. The molecule has 1 unspecified atom stereocenters. The highest BCUT2D eigenvalue weighted by molar-refractivity contribution is 6.31. The van der Waals surface area contributed by atoms with E-state index < -0.39 is 5.82 Å². The van der Waals surface area contributed by atoms with E-state index in [9.17, 15) is 9.18 Å². The van der Waals surface area contributed by atoms with Gasteiger partial charge in [-0.15, -0.1) is 0 Å². The van der Waals surface area contributed by atoms with E-state index in [4.69, 9.17) is 11.6 Å². The van der Waals surface area contributed by atoms with Gasteiger partial charge in [0.25, 0.3) is 0 Å². The lowest BCUT2D eigenvalue weighted by molar-refractivity contribution is -0.120. The number of hydrogen-bond acceptors (Lipinski definition) is 1. The molecule has 0 bridgehead atoms. The molecule has 1 aromatic carbocycles. The summed E-state index contributed by atoms with van der Waals surface area (Å²) >= 11 is 5.67. The molecule has 1 rings (SSSR count). The van der Waals surface area contributed by atoms with Crippen molar-refractivity contribution in [2.75, 3.05) is 5.32 Å². The van der Waals surface area contributed by atoms with Gasteiger partial charge in [0.1, 0.15) is 5.82 Å². The molecule has 0 radical (unpaired) electrons. The fraction of sp³-hybridized carbons (Fsp3) is 0.500. The Kier molecular flexibility index (Phi) is 6.13. The summed E-state index contributed by atoms with van der Waals surface area (Å²) in [6.07, 6.45) is 3.80. The van der Waals surface area contributed by atoms with E-state index in [0.29, 0.717) is 5.69 Å². The number of carbonyl (C=O) groups is 1. The minimum Gasteiger partial charge on any atom is -0.326 e. The van der Waals surface area contributed by atoms with Gasteiger partial charge in [0, 0.05) is 11.6 Å². The monoisotopic (exact) mass is 271 g/mol. The van der Waals surface area contributed by atoms with Crippen LogP contribution in [0.3, 0.4) is 0 Å². The van der Waals surface area contributed by atoms with Gasteiger partial charge < -0.3 is 5.32 Å². The summed E-state index contributed by atoms with van der Waals surface area (Å²) in [5.74, 6) is -0.491. The Morgan fingerprint density at radius 1 is 1.44 bits per heavy atom. The second kappa shape index (κ2) is 7.37. The standard InChI is InChI=1S/C14H19ClFNO/c1-3-5-6-10(4-2)14(18)17-11-7-8-13(16)12(15)9-11/h7-10H,3-6H2,1-2H3,(H,17,18). The zero-order valence-corrected chi connectivity index (χ0v) is 11.6. The Labute approximate surface area is 113 Å². The Hall–Kier alpha value is -1.09. The van der Waals surface area contributed by atoms with Gasteiger partial charge >= 0.3 is 0 Å². The van der Waals surface area contributed by atoms with Crippen molar-refractivity contribution in [2.45, 2.75) is 39.5 Å². The third-order valence-electron chi connectivity index (χ3n) is 2.96. The second-order valence-corrected chi connectivity index (χ2v) is 4.77. The number of amides is 1. The van der Waals surface area contributed by atoms with Gasteiger partial charge in [0.15, 0.2) is 0 Å². The maximum absolute atomic E-state index is 13.0. The molecular formula is C14H19ClFNO. The van der Waals surface area contributed by atoms with Crippen LogP contribution in [0.25, 0.3) is 0 Å². The molecule has 0 aromatic heterocycles. The van der Waals surface area contributed by atoms with Crippen molar-refractivity contribution in [2.24, 2.45) is 5.92 Å². The molecular weight excluding hydrogens is 253 g/mol. The molecule has 0 saturated carbocycles. The van der Waals surface area contributed by atoms with Crippen molar-refractivity contribution >= 4 is 23.2 Å². The van der Waals surface area contributed by atoms with Crippen molar-refractivity contribution in [3.8, 4) is 0 Å². The molecule has 0 fully saturated rings. The molecule has 0 heterocycles. The molecule has 100 valence electrons. The molecule has 0 saturated heterocycles. The summed E-state index contributed by atoms with van der Waals surface area (Å²) in [4.78, 5) is 12.0. The first kappa shape index (κ1) is 15.0. The number of halogens is 2. The molecule has 0 aliphatic rings. The van der Waals surface area contributed by atoms with E-state index in [0.717, 1.165) is 25.7 Å². The van der Waals surface area contributed by atoms with Crippen molar-refractivity contribution in [3.63, 3.8) is 0 Å². The summed E-state index contributed by atoms with van der Waals surface area (Å²) in [5, 5.41) is 2.80. The van der Waals surface area contributed by atoms with Crippen LogP contribution >= 0.6 is 11.6 Å². The topological polar surface area (TPSA) is 29.1 Å². The second-order valence-electron chi connectivity index (χ2n) is 4.37. The number of carbonyl (C=O) groups excluding carboxylic acids is 1. The Bertz CT molecular complexity index is 409. The van der Waals surface area contributed by atoms with Crippen LogP contribution < -0.4 is 5.32 Å². The Morgan fingerprint density at radius 3 is 2.72 bits per heavy atom. The molecule has 4 heteroatoms. The van der Waals surface area contributed by atoms with E-state index in [-0.39, 0.29) is 16.8 Å². The summed E-state index contributed by atoms with van der Waals surface area (Å²) in [6, 6.07) is 4.21. The summed E-state index contributed by atoms with van der Waals surface area (Å²) < 4.78 is 13.0. The lowest BCUT2D eigenvalue weighted by Crippen LogP contribution is -2.22. The molecule has 18 heavy (non-hydrogen) atoms. The van der Waals surface area contributed by atoms with Crippen LogP contribution in [0.2, 0.25) is 5.02 Å². The van der Waals surface area contributed by atoms with Gasteiger partial charge in [0.2, 0.25) is 5.91 Å². The highest BCUT2D eigenvalue weighted by atomic mass is 35.5. The van der Waals surface area contributed by atoms with Crippen LogP contribution in [0.1, 0.15) is 39.5 Å². The number of anilines is 1. The number of rotatable bonds is 6. The van der Waals surface area contributed by atoms with Crippen LogP contribution in [0, 0.1) is 11.7 Å². The largest absolute Gasteiger partial charge is 0.326 e. The van der Waals surface area contributed by atoms with Crippen LogP contribution in [0.5, 0.6) is 0 Å². The van der Waals surface area contributed by atoms with E-state index in [2.05, 4.69) is 12.2 Å². The lowest BCUT2D eigenvalue weighted by Gasteiger charge is -2.14. The van der Waals surface area contributed by atoms with Crippen molar-refractivity contribution in [1.29, 1.82) is 0 Å². The van der Waals surface area contributed by atoms with Crippen LogP contribution in [-0.2, 0) is 4.79 Å². The Morgan fingerprint density at radius 2 is 2.17 bits per heavy atom. The molecule has 1 aromatic rings. The Balaban J connectivity index is 2.64. The SMILES string of the molecule is CCCCC(CC)C(=O)Nc1ccc(F)c(Cl)c1. The number of unbranched alkanes of at least 4 members (excludes halogenated alkanes) is 1. The zero-order chi connectivity index (χ0) is 13.5. The third-order valence-corrected chi connectivity index (χ3v) is 3.25. The van der Waals surface area contributed by atoms with Crippen molar-refractivity contribution < 1.29 is 9.18 Å². The van der Waals surface area contributed by atoms with Crippen LogP contribution in [0.15, 0.2) is 18.2 Å².